The third-order valence-corrected chi connectivity index (χ3v) is 6.60. The lowest BCUT2D eigenvalue weighted by molar-refractivity contribution is -0.133. The highest BCUT2D eigenvalue weighted by atomic mass is 16.5. The highest BCUT2D eigenvalue weighted by molar-refractivity contribution is 6.03. The fourth-order valence-corrected chi connectivity index (χ4v) is 4.68. The van der Waals surface area contributed by atoms with Gasteiger partial charge in [0.15, 0.2) is 0 Å². The van der Waals surface area contributed by atoms with Gasteiger partial charge in [0, 0.05) is 24.0 Å². The first kappa shape index (κ1) is 21.8. The highest BCUT2D eigenvalue weighted by Crippen LogP contribution is 2.34. The molecule has 0 radical (unpaired) electrons. The number of nitrogens with zero attached hydrogens (tertiary/aromatic N) is 2. The quantitative estimate of drug-likeness (QED) is 0.471. The molecular weight excluding hydrogens is 426 g/mol. The van der Waals surface area contributed by atoms with E-state index >= 15 is 0 Å². The molecule has 6 heteroatoms. The van der Waals surface area contributed by atoms with Crippen molar-refractivity contribution < 1.29 is 14.3 Å². The molecule has 0 aliphatic carbocycles. The van der Waals surface area contributed by atoms with Crippen LogP contribution in [-0.2, 0) is 24.4 Å². The lowest BCUT2D eigenvalue weighted by Gasteiger charge is -2.44. The van der Waals surface area contributed by atoms with Crippen LogP contribution in [0.4, 0.5) is 0 Å². The van der Waals surface area contributed by atoms with E-state index in [1.165, 1.54) is 0 Å². The molecule has 1 aliphatic heterocycles. The van der Waals surface area contributed by atoms with Crippen molar-refractivity contribution in [2.75, 3.05) is 7.11 Å². The van der Waals surface area contributed by atoms with E-state index in [0.717, 1.165) is 22.0 Å². The molecule has 3 aromatic carbocycles. The molecule has 0 fully saturated rings. The van der Waals surface area contributed by atoms with E-state index in [1.54, 1.807) is 12.0 Å². The van der Waals surface area contributed by atoms with Crippen LogP contribution in [0.3, 0.4) is 0 Å². The normalized spacial score (nSPS) is 17.5. The number of hydrogen-bond donors (Lipinski definition) is 1. The van der Waals surface area contributed by atoms with Gasteiger partial charge in [-0.3, -0.25) is 9.59 Å². The minimum atomic E-state index is -1.08. The van der Waals surface area contributed by atoms with E-state index in [0.29, 0.717) is 31.1 Å². The first-order valence-electron chi connectivity index (χ1n) is 11.3. The maximum absolute atomic E-state index is 13.8. The third kappa shape index (κ3) is 3.81. The predicted octanol–water partition coefficient (Wildman–Crippen LogP) is 4.38. The molecule has 6 nitrogen and oxygen atoms in total. The number of carbonyl (C=O) groups is 2. The van der Waals surface area contributed by atoms with Crippen molar-refractivity contribution >= 4 is 22.7 Å². The molecule has 0 saturated carbocycles. The molecule has 2 heterocycles. The second-order valence-electron chi connectivity index (χ2n) is 8.86. The van der Waals surface area contributed by atoms with Gasteiger partial charge in [0.05, 0.1) is 13.7 Å². The maximum Gasteiger partial charge on any atom is 0.271 e. The van der Waals surface area contributed by atoms with Crippen LogP contribution >= 0.6 is 0 Å². The number of amides is 2. The Balaban J connectivity index is 1.53. The average molecular weight is 454 g/mol. The van der Waals surface area contributed by atoms with Crippen LogP contribution in [-0.4, -0.2) is 33.9 Å². The number of hydrogen-bond acceptors (Lipinski definition) is 3. The maximum atomic E-state index is 13.8. The molecular formula is C28H27N3O3. The number of para-hydroxylation sites is 1. The van der Waals surface area contributed by atoms with Gasteiger partial charge in [-0.2, -0.15) is 0 Å². The summed E-state index contributed by atoms with van der Waals surface area (Å²) in [5, 5.41) is 4.06. The van der Waals surface area contributed by atoms with E-state index in [4.69, 9.17) is 4.74 Å². The Morgan fingerprint density at radius 2 is 1.71 bits per heavy atom. The third-order valence-electron chi connectivity index (χ3n) is 6.60. The van der Waals surface area contributed by atoms with Crippen molar-refractivity contribution in [2.24, 2.45) is 0 Å². The molecule has 2 amide bonds. The number of nitrogens with one attached hydrogen (secondary N) is 1. The van der Waals surface area contributed by atoms with Crippen LogP contribution in [0.15, 0.2) is 84.9 Å². The molecule has 1 atom stereocenters. The SMILES string of the molecule is COc1cccc(CN2C(=O)c3cc4ccccc4n3C[C@]2(C)C(=O)NCc2ccccc2)c1. The molecule has 172 valence electrons. The molecule has 34 heavy (non-hydrogen) atoms. The fourth-order valence-electron chi connectivity index (χ4n) is 4.68. The van der Waals surface area contributed by atoms with Crippen LogP contribution in [0.5, 0.6) is 5.75 Å². The summed E-state index contributed by atoms with van der Waals surface area (Å²) in [7, 11) is 1.62. The van der Waals surface area contributed by atoms with Crippen molar-refractivity contribution in [3.8, 4) is 5.75 Å². The Labute approximate surface area is 198 Å². The van der Waals surface area contributed by atoms with Crippen molar-refractivity contribution in [3.05, 3.63) is 102 Å². The number of ether oxygens (including phenoxy) is 1. The van der Waals surface area contributed by atoms with Gasteiger partial charge in [0.25, 0.3) is 5.91 Å². The summed E-state index contributed by atoms with van der Waals surface area (Å²) < 4.78 is 7.34. The predicted molar refractivity (Wildman–Crippen MR) is 131 cm³/mol. The Hall–Kier alpha value is -4.06. The fraction of sp³-hybridized carbons (Fsp3) is 0.214. The van der Waals surface area contributed by atoms with Gasteiger partial charge < -0.3 is 19.5 Å². The number of carbonyl (C=O) groups excluding carboxylic acids is 2. The van der Waals surface area contributed by atoms with Gasteiger partial charge in [-0.05, 0) is 42.3 Å². The second kappa shape index (κ2) is 8.71. The van der Waals surface area contributed by atoms with E-state index < -0.39 is 5.54 Å². The summed E-state index contributed by atoms with van der Waals surface area (Å²) in [5.41, 5.74) is 2.38. The zero-order valence-corrected chi connectivity index (χ0v) is 19.3. The lowest BCUT2D eigenvalue weighted by Crippen LogP contribution is -2.63. The molecule has 0 saturated heterocycles. The summed E-state index contributed by atoms with van der Waals surface area (Å²) >= 11 is 0. The van der Waals surface area contributed by atoms with Crippen LogP contribution in [0, 0.1) is 0 Å². The molecule has 1 aromatic heterocycles. The van der Waals surface area contributed by atoms with Gasteiger partial charge in [-0.1, -0.05) is 60.7 Å². The largest absolute Gasteiger partial charge is 0.497 e. The second-order valence-corrected chi connectivity index (χ2v) is 8.86. The molecule has 0 spiro atoms. The highest BCUT2D eigenvalue weighted by Gasteiger charge is 2.47. The first-order valence-corrected chi connectivity index (χ1v) is 11.3. The molecule has 1 aliphatic rings. The summed E-state index contributed by atoms with van der Waals surface area (Å²) in [4.78, 5) is 29.2. The molecule has 0 unspecified atom stereocenters. The number of fused-ring (bicyclic) bond motifs is 3. The summed E-state index contributed by atoms with van der Waals surface area (Å²) in [6, 6.07) is 27.2. The summed E-state index contributed by atoms with van der Waals surface area (Å²) in [6.07, 6.45) is 0. The van der Waals surface area contributed by atoms with E-state index in [-0.39, 0.29) is 11.8 Å². The van der Waals surface area contributed by atoms with Gasteiger partial charge in [-0.25, -0.2) is 0 Å². The van der Waals surface area contributed by atoms with Gasteiger partial charge in [0.1, 0.15) is 17.0 Å². The zero-order chi connectivity index (χ0) is 23.7. The number of benzene rings is 3. The van der Waals surface area contributed by atoms with Crippen LogP contribution in [0.1, 0.15) is 28.5 Å². The van der Waals surface area contributed by atoms with Gasteiger partial charge >= 0.3 is 0 Å². The molecule has 4 aromatic rings. The van der Waals surface area contributed by atoms with E-state index in [1.807, 2.05) is 96.4 Å². The number of aromatic nitrogens is 1. The van der Waals surface area contributed by atoms with Gasteiger partial charge in [0.2, 0.25) is 5.91 Å². The van der Waals surface area contributed by atoms with Crippen LogP contribution < -0.4 is 10.1 Å². The van der Waals surface area contributed by atoms with Gasteiger partial charge in [-0.15, -0.1) is 0 Å². The van der Waals surface area contributed by atoms with Crippen molar-refractivity contribution in [1.29, 1.82) is 0 Å². The molecule has 1 N–H and O–H groups in total. The smallest absolute Gasteiger partial charge is 0.271 e. The van der Waals surface area contributed by atoms with E-state index in [2.05, 4.69) is 5.32 Å². The van der Waals surface area contributed by atoms with Crippen molar-refractivity contribution in [1.82, 2.24) is 14.8 Å². The minimum absolute atomic E-state index is 0.164. The lowest BCUT2D eigenvalue weighted by atomic mass is 9.93. The Morgan fingerprint density at radius 3 is 2.50 bits per heavy atom. The zero-order valence-electron chi connectivity index (χ0n) is 19.3. The van der Waals surface area contributed by atoms with E-state index in [9.17, 15) is 9.59 Å². The molecule has 0 bridgehead atoms. The van der Waals surface area contributed by atoms with Crippen LogP contribution in [0.25, 0.3) is 10.9 Å². The summed E-state index contributed by atoms with van der Waals surface area (Å²) in [6.45, 7) is 2.91. The summed E-state index contributed by atoms with van der Waals surface area (Å²) in [5.74, 6) is 0.366. The Morgan fingerprint density at radius 1 is 0.971 bits per heavy atom. The Bertz CT molecular complexity index is 1360. The minimum Gasteiger partial charge on any atom is -0.497 e. The molecule has 5 rings (SSSR count). The monoisotopic (exact) mass is 453 g/mol. The van der Waals surface area contributed by atoms with Crippen molar-refractivity contribution in [3.63, 3.8) is 0 Å². The standard InChI is InChI=1S/C28H27N3O3/c1-28(27(33)29-17-20-9-4-3-5-10-20)19-30-24-14-7-6-12-22(24)16-25(30)26(32)31(28)18-21-11-8-13-23(15-21)34-2/h3-16H,17-19H2,1-2H3,(H,29,33)/t28-/m1/s1. The topological polar surface area (TPSA) is 63.6 Å². The Kier molecular flexibility index (Phi) is 5.57. The van der Waals surface area contributed by atoms with Crippen molar-refractivity contribution in [2.45, 2.75) is 32.1 Å². The number of rotatable bonds is 6. The number of methoxy groups -OCH3 is 1. The first-order chi connectivity index (χ1) is 16.5. The average Bonchev–Trinajstić information content (AvgIpc) is 3.24. The van der Waals surface area contributed by atoms with Crippen LogP contribution in [0.2, 0.25) is 0 Å².